The van der Waals surface area contributed by atoms with Crippen molar-refractivity contribution in [2.24, 2.45) is 5.92 Å². The predicted molar refractivity (Wildman–Crippen MR) is 49.4 cm³/mol. The molecule has 0 aliphatic carbocycles. The predicted octanol–water partition coefficient (Wildman–Crippen LogP) is 0.407. The van der Waals surface area contributed by atoms with E-state index in [2.05, 4.69) is 23.1 Å². The second kappa shape index (κ2) is 6.21. The topological polar surface area (TPSA) is 15.3 Å². The third-order valence-electron chi connectivity index (χ3n) is 1.54. The van der Waals surface area contributed by atoms with Gasteiger partial charge < -0.3 is 5.32 Å². The van der Waals surface area contributed by atoms with Crippen LogP contribution in [-0.2, 0) is 0 Å². The van der Waals surface area contributed by atoms with E-state index in [1.807, 2.05) is 14.1 Å². The van der Waals surface area contributed by atoms with Crippen molar-refractivity contribution < 1.29 is 0 Å². The zero-order valence-electron chi connectivity index (χ0n) is 7.72. The summed E-state index contributed by atoms with van der Waals surface area (Å²) in [6, 6.07) is 0. The zero-order chi connectivity index (χ0) is 8.69. The molecule has 11 heavy (non-hydrogen) atoms. The molecular weight excluding hydrogens is 136 g/mol. The van der Waals surface area contributed by atoms with Gasteiger partial charge in [0.15, 0.2) is 0 Å². The van der Waals surface area contributed by atoms with Crippen molar-refractivity contribution in [2.75, 3.05) is 33.7 Å². The zero-order valence-corrected chi connectivity index (χ0v) is 7.72. The molecule has 0 saturated carbocycles. The van der Waals surface area contributed by atoms with Crippen LogP contribution in [0.15, 0.2) is 0 Å². The van der Waals surface area contributed by atoms with Gasteiger partial charge in [-0.05, 0) is 26.6 Å². The largest absolute Gasteiger partial charge is 0.319 e. The molecule has 2 nitrogen and oxygen atoms in total. The van der Waals surface area contributed by atoms with E-state index in [4.69, 9.17) is 6.42 Å². The molecule has 64 valence electrons. The maximum absolute atomic E-state index is 5.17. The Kier molecular flexibility index (Phi) is 5.91. The van der Waals surface area contributed by atoms with Crippen molar-refractivity contribution in [1.29, 1.82) is 0 Å². The summed E-state index contributed by atoms with van der Waals surface area (Å²) in [5.74, 6) is 3.29. The van der Waals surface area contributed by atoms with Crippen molar-refractivity contribution in [3.05, 3.63) is 0 Å². The van der Waals surface area contributed by atoms with Crippen molar-refractivity contribution in [3.63, 3.8) is 0 Å². The van der Waals surface area contributed by atoms with Gasteiger partial charge in [-0.3, -0.25) is 4.90 Å². The first-order valence-electron chi connectivity index (χ1n) is 3.97. The van der Waals surface area contributed by atoms with Gasteiger partial charge in [-0.15, -0.1) is 6.42 Å². The number of hydrogen-bond acceptors (Lipinski definition) is 2. The van der Waals surface area contributed by atoms with Crippen LogP contribution in [0.3, 0.4) is 0 Å². The summed E-state index contributed by atoms with van der Waals surface area (Å²) >= 11 is 0. The van der Waals surface area contributed by atoms with E-state index in [1.165, 1.54) is 0 Å². The van der Waals surface area contributed by atoms with Crippen LogP contribution in [0, 0.1) is 18.3 Å². The fourth-order valence-corrected chi connectivity index (χ4v) is 1.17. The SMILES string of the molecule is C#CCN(C)CC(C)CNC. The molecular formula is C9H18N2. The van der Waals surface area contributed by atoms with E-state index in [0.717, 1.165) is 19.6 Å². The van der Waals surface area contributed by atoms with Gasteiger partial charge in [0.2, 0.25) is 0 Å². The Bertz CT molecular complexity index is 126. The molecule has 0 bridgehead atoms. The van der Waals surface area contributed by atoms with Crippen LogP contribution in [0.1, 0.15) is 6.92 Å². The van der Waals surface area contributed by atoms with Gasteiger partial charge in [-0.25, -0.2) is 0 Å². The molecule has 1 N–H and O–H groups in total. The number of terminal acetylenes is 1. The van der Waals surface area contributed by atoms with E-state index in [0.29, 0.717) is 5.92 Å². The monoisotopic (exact) mass is 154 g/mol. The maximum Gasteiger partial charge on any atom is 0.0596 e. The molecule has 2 heteroatoms. The van der Waals surface area contributed by atoms with Crippen molar-refractivity contribution in [1.82, 2.24) is 10.2 Å². The van der Waals surface area contributed by atoms with Gasteiger partial charge in [0.1, 0.15) is 0 Å². The highest BCUT2D eigenvalue weighted by atomic mass is 15.1. The second-order valence-corrected chi connectivity index (χ2v) is 3.06. The van der Waals surface area contributed by atoms with Crippen molar-refractivity contribution in [2.45, 2.75) is 6.92 Å². The minimum atomic E-state index is 0.665. The summed E-state index contributed by atoms with van der Waals surface area (Å²) < 4.78 is 0. The van der Waals surface area contributed by atoms with Gasteiger partial charge in [0.05, 0.1) is 6.54 Å². The Morgan fingerprint density at radius 1 is 1.64 bits per heavy atom. The molecule has 0 fully saturated rings. The standard InChI is InChI=1S/C9H18N2/c1-5-6-11(4)8-9(2)7-10-3/h1,9-10H,6-8H2,2-4H3. The quantitative estimate of drug-likeness (QED) is 0.577. The minimum Gasteiger partial charge on any atom is -0.319 e. The Hall–Kier alpha value is -0.520. The number of hydrogen-bond donors (Lipinski definition) is 1. The van der Waals surface area contributed by atoms with E-state index in [1.54, 1.807) is 0 Å². The Morgan fingerprint density at radius 3 is 2.73 bits per heavy atom. The lowest BCUT2D eigenvalue weighted by atomic mass is 10.2. The van der Waals surface area contributed by atoms with Crippen LogP contribution in [-0.4, -0.2) is 38.6 Å². The van der Waals surface area contributed by atoms with Crippen LogP contribution >= 0.6 is 0 Å². The van der Waals surface area contributed by atoms with Gasteiger partial charge in [0, 0.05) is 6.54 Å². The maximum atomic E-state index is 5.17. The summed E-state index contributed by atoms with van der Waals surface area (Å²) in [7, 11) is 4.02. The molecule has 0 spiro atoms. The van der Waals surface area contributed by atoms with Crippen molar-refractivity contribution >= 4 is 0 Å². The van der Waals surface area contributed by atoms with Crippen LogP contribution in [0.25, 0.3) is 0 Å². The van der Waals surface area contributed by atoms with E-state index >= 15 is 0 Å². The summed E-state index contributed by atoms with van der Waals surface area (Å²) in [5.41, 5.74) is 0. The second-order valence-electron chi connectivity index (χ2n) is 3.06. The van der Waals surface area contributed by atoms with Crippen LogP contribution in [0.4, 0.5) is 0 Å². The van der Waals surface area contributed by atoms with Gasteiger partial charge in [0.25, 0.3) is 0 Å². The molecule has 1 atom stereocenters. The minimum absolute atomic E-state index is 0.665. The number of rotatable bonds is 5. The number of nitrogens with one attached hydrogen (secondary N) is 1. The third kappa shape index (κ3) is 5.90. The molecule has 0 amide bonds. The average Bonchev–Trinajstić information content (AvgIpc) is 1.87. The first-order valence-corrected chi connectivity index (χ1v) is 3.97. The first kappa shape index (κ1) is 10.5. The van der Waals surface area contributed by atoms with Crippen LogP contribution in [0.2, 0.25) is 0 Å². The summed E-state index contributed by atoms with van der Waals surface area (Å²) in [6.07, 6.45) is 5.17. The highest BCUT2D eigenvalue weighted by Crippen LogP contribution is 1.94. The van der Waals surface area contributed by atoms with Crippen LogP contribution in [0.5, 0.6) is 0 Å². The first-order chi connectivity index (χ1) is 5.20. The smallest absolute Gasteiger partial charge is 0.0596 e. The normalized spacial score (nSPS) is 13.0. The van der Waals surface area contributed by atoms with E-state index in [-0.39, 0.29) is 0 Å². The Morgan fingerprint density at radius 2 is 2.27 bits per heavy atom. The molecule has 1 unspecified atom stereocenters. The molecule has 0 heterocycles. The molecule has 0 aromatic heterocycles. The molecule has 0 rings (SSSR count). The Labute approximate surface area is 70.0 Å². The summed E-state index contributed by atoms with van der Waals surface area (Å²) in [5, 5.41) is 3.14. The molecule has 0 aromatic carbocycles. The van der Waals surface area contributed by atoms with Gasteiger partial charge in [-0.1, -0.05) is 12.8 Å². The number of nitrogens with zero attached hydrogens (tertiary/aromatic N) is 1. The van der Waals surface area contributed by atoms with Crippen LogP contribution < -0.4 is 5.32 Å². The lowest BCUT2D eigenvalue weighted by Crippen LogP contribution is -2.29. The average molecular weight is 154 g/mol. The molecule has 0 aliphatic heterocycles. The van der Waals surface area contributed by atoms with Gasteiger partial charge >= 0.3 is 0 Å². The highest BCUT2D eigenvalue weighted by Gasteiger charge is 2.02. The molecule has 0 aromatic rings. The summed E-state index contributed by atoms with van der Waals surface area (Å²) in [6.45, 7) is 5.07. The molecule has 0 radical (unpaired) electrons. The van der Waals surface area contributed by atoms with E-state index in [9.17, 15) is 0 Å². The fourth-order valence-electron chi connectivity index (χ4n) is 1.17. The molecule has 0 saturated heterocycles. The summed E-state index contributed by atoms with van der Waals surface area (Å²) in [4.78, 5) is 2.15. The lowest BCUT2D eigenvalue weighted by Gasteiger charge is -2.18. The fraction of sp³-hybridized carbons (Fsp3) is 0.778. The van der Waals surface area contributed by atoms with Crippen molar-refractivity contribution in [3.8, 4) is 12.3 Å². The van der Waals surface area contributed by atoms with Gasteiger partial charge in [-0.2, -0.15) is 0 Å². The lowest BCUT2D eigenvalue weighted by molar-refractivity contribution is 0.312. The third-order valence-corrected chi connectivity index (χ3v) is 1.54. The molecule has 0 aliphatic rings. The van der Waals surface area contributed by atoms with E-state index < -0.39 is 0 Å². The highest BCUT2D eigenvalue weighted by molar-refractivity contribution is 4.87. The Balaban J connectivity index is 3.41.